The van der Waals surface area contributed by atoms with Crippen molar-refractivity contribution in [1.29, 1.82) is 0 Å². The highest BCUT2D eigenvalue weighted by Crippen LogP contribution is 2.13. The summed E-state index contributed by atoms with van der Waals surface area (Å²) < 4.78 is 12.9. The lowest BCUT2D eigenvalue weighted by Gasteiger charge is -2.32. The fourth-order valence-electron chi connectivity index (χ4n) is 2.27. The Hall–Kier alpha value is -1.16. The maximum absolute atomic E-state index is 12.9. The zero-order valence-electron chi connectivity index (χ0n) is 10.3. The molecule has 0 spiro atoms. The van der Waals surface area contributed by atoms with Gasteiger partial charge in [0, 0.05) is 30.5 Å². The number of pyridine rings is 1. The van der Waals surface area contributed by atoms with Gasteiger partial charge in [-0.1, -0.05) is 6.42 Å². The topological polar surface area (TPSA) is 28.2 Å². The molecule has 1 N–H and O–H groups in total. The van der Waals surface area contributed by atoms with Gasteiger partial charge in [-0.15, -0.1) is 0 Å². The maximum atomic E-state index is 12.9. The maximum Gasteiger partial charge on any atom is 0.214 e. The van der Waals surface area contributed by atoms with Crippen molar-refractivity contribution in [3.05, 3.63) is 24.3 Å². The predicted molar refractivity (Wildman–Crippen MR) is 67.6 cm³/mol. The number of anilines is 1. The first kappa shape index (κ1) is 12.3. The average Bonchev–Trinajstić information content (AvgIpc) is 2.37. The Balaban J connectivity index is 1.80. The third-order valence-corrected chi connectivity index (χ3v) is 3.34. The number of piperidine rings is 1. The first-order chi connectivity index (χ1) is 8.25. The molecule has 1 atom stereocenters. The van der Waals surface area contributed by atoms with Gasteiger partial charge in [-0.3, -0.25) is 4.90 Å². The molecule has 0 amide bonds. The molecule has 0 saturated carbocycles. The van der Waals surface area contributed by atoms with E-state index in [1.165, 1.54) is 44.6 Å². The van der Waals surface area contributed by atoms with Crippen molar-refractivity contribution >= 4 is 5.69 Å². The van der Waals surface area contributed by atoms with Crippen molar-refractivity contribution < 1.29 is 4.39 Å². The molecule has 0 bridgehead atoms. The molecule has 1 fully saturated rings. The van der Waals surface area contributed by atoms with Gasteiger partial charge in [-0.05, 0) is 38.9 Å². The van der Waals surface area contributed by atoms with Crippen LogP contribution in [0.5, 0.6) is 0 Å². The number of nitrogens with one attached hydrogen (secondary N) is 1. The van der Waals surface area contributed by atoms with E-state index in [1.807, 2.05) is 0 Å². The van der Waals surface area contributed by atoms with Crippen LogP contribution in [-0.4, -0.2) is 35.6 Å². The molecule has 3 nitrogen and oxygen atoms in total. The van der Waals surface area contributed by atoms with Gasteiger partial charge in [0.2, 0.25) is 5.95 Å². The summed E-state index contributed by atoms with van der Waals surface area (Å²) in [6.45, 7) is 5.44. The smallest absolute Gasteiger partial charge is 0.214 e. The zero-order chi connectivity index (χ0) is 12.1. The monoisotopic (exact) mass is 237 g/mol. The molecule has 1 unspecified atom stereocenters. The Labute approximate surface area is 102 Å². The number of hydrogen-bond donors (Lipinski definition) is 1. The van der Waals surface area contributed by atoms with Crippen molar-refractivity contribution in [2.75, 3.05) is 25.0 Å². The molecule has 4 heteroatoms. The molecular formula is C13H20FN3. The predicted octanol–water partition coefficient (Wildman–Crippen LogP) is 2.51. The molecule has 1 aliphatic heterocycles. The van der Waals surface area contributed by atoms with E-state index in [2.05, 4.69) is 22.1 Å². The molecule has 17 heavy (non-hydrogen) atoms. The van der Waals surface area contributed by atoms with Crippen LogP contribution in [0.2, 0.25) is 0 Å². The third kappa shape index (κ3) is 3.66. The SMILES string of the molecule is CC(CNc1ccnc(F)c1)N1CCCCC1. The number of likely N-dealkylation sites (tertiary alicyclic amines) is 1. The molecule has 94 valence electrons. The van der Waals surface area contributed by atoms with Gasteiger partial charge in [0.15, 0.2) is 0 Å². The minimum atomic E-state index is -0.430. The van der Waals surface area contributed by atoms with Gasteiger partial charge in [0.1, 0.15) is 0 Å². The lowest BCUT2D eigenvalue weighted by Crippen LogP contribution is -2.41. The number of hydrogen-bond acceptors (Lipinski definition) is 3. The van der Waals surface area contributed by atoms with Gasteiger partial charge in [-0.2, -0.15) is 4.39 Å². The number of nitrogens with zero attached hydrogens (tertiary/aromatic N) is 2. The molecule has 1 aromatic rings. The fourth-order valence-corrected chi connectivity index (χ4v) is 2.27. The Morgan fingerprint density at radius 1 is 1.41 bits per heavy atom. The van der Waals surface area contributed by atoms with E-state index in [0.29, 0.717) is 6.04 Å². The van der Waals surface area contributed by atoms with Crippen LogP contribution in [0.25, 0.3) is 0 Å². The molecule has 1 aliphatic rings. The summed E-state index contributed by atoms with van der Waals surface area (Å²) in [4.78, 5) is 6.03. The summed E-state index contributed by atoms with van der Waals surface area (Å²) in [6.07, 6.45) is 5.44. The number of halogens is 1. The van der Waals surface area contributed by atoms with Crippen LogP contribution in [0.15, 0.2) is 18.3 Å². The summed E-state index contributed by atoms with van der Waals surface area (Å²) in [5.41, 5.74) is 0.807. The molecule has 2 heterocycles. The second-order valence-corrected chi connectivity index (χ2v) is 4.69. The largest absolute Gasteiger partial charge is 0.383 e. The van der Waals surface area contributed by atoms with E-state index in [9.17, 15) is 4.39 Å². The second kappa shape index (κ2) is 5.96. The summed E-state index contributed by atoms with van der Waals surface area (Å²) in [7, 11) is 0. The van der Waals surface area contributed by atoms with Crippen LogP contribution >= 0.6 is 0 Å². The Morgan fingerprint density at radius 2 is 2.18 bits per heavy atom. The second-order valence-electron chi connectivity index (χ2n) is 4.69. The van der Waals surface area contributed by atoms with Crippen LogP contribution in [0.3, 0.4) is 0 Å². The van der Waals surface area contributed by atoms with E-state index in [4.69, 9.17) is 0 Å². The van der Waals surface area contributed by atoms with Crippen LogP contribution in [-0.2, 0) is 0 Å². The minimum Gasteiger partial charge on any atom is -0.383 e. The average molecular weight is 237 g/mol. The van der Waals surface area contributed by atoms with Crippen molar-refractivity contribution in [2.45, 2.75) is 32.2 Å². The summed E-state index contributed by atoms with van der Waals surface area (Å²) >= 11 is 0. The normalized spacial score (nSPS) is 18.9. The van der Waals surface area contributed by atoms with Crippen LogP contribution in [0, 0.1) is 5.95 Å². The lowest BCUT2D eigenvalue weighted by molar-refractivity contribution is 0.180. The minimum absolute atomic E-state index is 0.430. The standard InChI is InChI=1S/C13H20FN3/c1-11(17-7-3-2-4-8-17)10-16-12-5-6-15-13(14)9-12/h5-6,9,11H,2-4,7-8,10H2,1H3,(H,15,16). The quantitative estimate of drug-likeness (QED) is 0.816. The summed E-state index contributed by atoms with van der Waals surface area (Å²) in [5, 5.41) is 3.26. The Bertz CT molecular complexity index is 350. The van der Waals surface area contributed by atoms with E-state index >= 15 is 0 Å². The number of rotatable bonds is 4. The number of aromatic nitrogens is 1. The molecule has 1 saturated heterocycles. The van der Waals surface area contributed by atoms with Gasteiger partial charge in [0.25, 0.3) is 0 Å². The molecule has 1 aromatic heterocycles. The first-order valence-corrected chi connectivity index (χ1v) is 6.35. The van der Waals surface area contributed by atoms with E-state index in [1.54, 1.807) is 6.07 Å². The third-order valence-electron chi connectivity index (χ3n) is 3.34. The lowest BCUT2D eigenvalue weighted by atomic mass is 10.1. The van der Waals surface area contributed by atoms with Crippen LogP contribution in [0.1, 0.15) is 26.2 Å². The highest BCUT2D eigenvalue weighted by molar-refractivity contribution is 5.41. The van der Waals surface area contributed by atoms with Gasteiger partial charge in [0.05, 0.1) is 0 Å². The van der Waals surface area contributed by atoms with Gasteiger partial charge < -0.3 is 5.32 Å². The van der Waals surface area contributed by atoms with Gasteiger partial charge in [-0.25, -0.2) is 4.98 Å². The van der Waals surface area contributed by atoms with Gasteiger partial charge >= 0.3 is 0 Å². The Morgan fingerprint density at radius 3 is 2.88 bits per heavy atom. The van der Waals surface area contributed by atoms with E-state index in [-0.39, 0.29) is 0 Å². The molecule has 0 radical (unpaired) electrons. The van der Waals surface area contributed by atoms with E-state index in [0.717, 1.165) is 12.2 Å². The highest BCUT2D eigenvalue weighted by atomic mass is 19.1. The zero-order valence-corrected chi connectivity index (χ0v) is 10.3. The summed E-state index contributed by atoms with van der Waals surface area (Å²) in [5.74, 6) is -0.430. The molecule has 0 aromatic carbocycles. The summed E-state index contributed by atoms with van der Waals surface area (Å²) in [6, 6.07) is 3.72. The van der Waals surface area contributed by atoms with Crippen molar-refractivity contribution in [1.82, 2.24) is 9.88 Å². The molecule has 0 aliphatic carbocycles. The highest BCUT2D eigenvalue weighted by Gasteiger charge is 2.16. The van der Waals surface area contributed by atoms with Crippen molar-refractivity contribution in [3.8, 4) is 0 Å². The van der Waals surface area contributed by atoms with Crippen LogP contribution in [0.4, 0.5) is 10.1 Å². The molecule has 2 rings (SSSR count). The van der Waals surface area contributed by atoms with E-state index < -0.39 is 5.95 Å². The Kier molecular flexibility index (Phi) is 4.31. The first-order valence-electron chi connectivity index (χ1n) is 6.35. The van der Waals surface area contributed by atoms with Crippen LogP contribution < -0.4 is 5.32 Å². The van der Waals surface area contributed by atoms with Crippen molar-refractivity contribution in [3.63, 3.8) is 0 Å². The fraction of sp³-hybridized carbons (Fsp3) is 0.615. The molecular weight excluding hydrogens is 217 g/mol. The van der Waals surface area contributed by atoms with Crippen molar-refractivity contribution in [2.24, 2.45) is 0 Å².